The van der Waals surface area contributed by atoms with Gasteiger partial charge >= 0.3 is 0 Å². The SMILES string of the molecule is CCc1nc2ccc(C(=O)N(Cc3ccccc3)Cc3ccccc3)cn2c1C. The summed E-state index contributed by atoms with van der Waals surface area (Å²) in [6.07, 6.45) is 2.80. The molecule has 1 amide bonds. The summed E-state index contributed by atoms with van der Waals surface area (Å²) < 4.78 is 2.02. The Kier molecular flexibility index (Phi) is 5.43. The van der Waals surface area contributed by atoms with Gasteiger partial charge in [0, 0.05) is 25.0 Å². The van der Waals surface area contributed by atoms with Gasteiger partial charge in [-0.15, -0.1) is 0 Å². The molecule has 0 aliphatic heterocycles. The predicted molar refractivity (Wildman–Crippen MR) is 116 cm³/mol. The van der Waals surface area contributed by atoms with Gasteiger partial charge in [0.2, 0.25) is 0 Å². The molecule has 0 bridgehead atoms. The normalized spacial score (nSPS) is 11.0. The van der Waals surface area contributed by atoms with Gasteiger partial charge in [-0.25, -0.2) is 4.98 Å². The van der Waals surface area contributed by atoms with E-state index >= 15 is 0 Å². The first-order chi connectivity index (χ1) is 14.2. The molecule has 2 aromatic carbocycles. The minimum absolute atomic E-state index is 0.0192. The van der Waals surface area contributed by atoms with Crippen LogP contribution in [-0.4, -0.2) is 20.2 Å². The van der Waals surface area contributed by atoms with E-state index in [1.54, 1.807) is 0 Å². The number of imidazole rings is 1. The number of amides is 1. The molecule has 0 saturated heterocycles. The molecule has 4 nitrogen and oxygen atoms in total. The molecule has 4 aromatic rings. The maximum absolute atomic E-state index is 13.5. The van der Waals surface area contributed by atoms with Crippen molar-refractivity contribution in [3.8, 4) is 0 Å². The van der Waals surface area contributed by atoms with Crippen molar-refractivity contribution in [1.82, 2.24) is 14.3 Å². The summed E-state index contributed by atoms with van der Waals surface area (Å²) in [6, 6.07) is 24.1. The quantitative estimate of drug-likeness (QED) is 0.467. The largest absolute Gasteiger partial charge is 0.330 e. The van der Waals surface area contributed by atoms with Crippen LogP contribution in [0.4, 0.5) is 0 Å². The highest BCUT2D eigenvalue weighted by molar-refractivity contribution is 5.94. The topological polar surface area (TPSA) is 37.6 Å². The molecular formula is C25H25N3O. The first kappa shape index (κ1) is 18.9. The maximum atomic E-state index is 13.5. The Morgan fingerprint density at radius 1 is 0.897 bits per heavy atom. The second-order valence-electron chi connectivity index (χ2n) is 7.28. The van der Waals surface area contributed by atoms with E-state index in [1.165, 1.54) is 0 Å². The summed E-state index contributed by atoms with van der Waals surface area (Å²) in [5, 5.41) is 0. The number of hydrogen-bond donors (Lipinski definition) is 0. The van der Waals surface area contributed by atoms with Gasteiger partial charge in [-0.05, 0) is 36.6 Å². The van der Waals surface area contributed by atoms with E-state index in [2.05, 4.69) is 43.1 Å². The summed E-state index contributed by atoms with van der Waals surface area (Å²) in [7, 11) is 0. The average Bonchev–Trinajstić information content (AvgIpc) is 3.09. The molecular weight excluding hydrogens is 358 g/mol. The Balaban J connectivity index is 1.68. The number of carbonyl (C=O) groups excluding carboxylic acids is 1. The molecule has 4 heteroatoms. The number of rotatable bonds is 6. The lowest BCUT2D eigenvalue weighted by molar-refractivity contribution is 0.0729. The van der Waals surface area contributed by atoms with Crippen LogP contribution in [0.3, 0.4) is 0 Å². The number of nitrogens with zero attached hydrogens (tertiary/aromatic N) is 3. The van der Waals surface area contributed by atoms with Crippen molar-refractivity contribution < 1.29 is 4.79 Å². The first-order valence-corrected chi connectivity index (χ1v) is 10.0. The lowest BCUT2D eigenvalue weighted by Crippen LogP contribution is -2.30. The van der Waals surface area contributed by atoms with E-state index in [0.717, 1.165) is 34.6 Å². The van der Waals surface area contributed by atoms with E-state index in [0.29, 0.717) is 18.7 Å². The maximum Gasteiger partial charge on any atom is 0.255 e. The monoisotopic (exact) mass is 383 g/mol. The molecule has 0 radical (unpaired) electrons. The molecule has 4 rings (SSSR count). The second kappa shape index (κ2) is 8.31. The van der Waals surface area contributed by atoms with Crippen LogP contribution in [0.2, 0.25) is 0 Å². The molecule has 0 spiro atoms. The number of carbonyl (C=O) groups is 1. The molecule has 29 heavy (non-hydrogen) atoms. The Bertz CT molecular complexity index is 1080. The van der Waals surface area contributed by atoms with Gasteiger partial charge in [-0.2, -0.15) is 0 Å². The summed E-state index contributed by atoms with van der Waals surface area (Å²) in [5.41, 5.74) is 5.95. The van der Waals surface area contributed by atoms with Crippen LogP contribution in [0.5, 0.6) is 0 Å². The first-order valence-electron chi connectivity index (χ1n) is 10.0. The Morgan fingerprint density at radius 3 is 2.03 bits per heavy atom. The minimum atomic E-state index is 0.0192. The second-order valence-corrected chi connectivity index (χ2v) is 7.28. The van der Waals surface area contributed by atoms with Gasteiger partial charge in [-0.1, -0.05) is 67.6 Å². The zero-order valence-electron chi connectivity index (χ0n) is 16.9. The summed E-state index contributed by atoms with van der Waals surface area (Å²) in [5.74, 6) is 0.0192. The zero-order valence-corrected chi connectivity index (χ0v) is 16.9. The Hall–Kier alpha value is -3.40. The predicted octanol–water partition coefficient (Wildman–Crippen LogP) is 5.05. The van der Waals surface area contributed by atoms with Crippen LogP contribution in [0.1, 0.15) is 39.8 Å². The average molecular weight is 383 g/mol. The van der Waals surface area contributed by atoms with Gasteiger partial charge in [0.15, 0.2) is 0 Å². The van der Waals surface area contributed by atoms with E-state index in [1.807, 2.05) is 64.0 Å². The lowest BCUT2D eigenvalue weighted by Gasteiger charge is -2.23. The fraction of sp³-hybridized carbons (Fsp3) is 0.200. The van der Waals surface area contributed by atoms with E-state index < -0.39 is 0 Å². The van der Waals surface area contributed by atoms with Crippen LogP contribution in [0.25, 0.3) is 5.65 Å². The number of pyridine rings is 1. The van der Waals surface area contributed by atoms with E-state index in [-0.39, 0.29) is 5.91 Å². The van der Waals surface area contributed by atoms with Crippen molar-refractivity contribution in [1.29, 1.82) is 0 Å². The molecule has 2 heterocycles. The van der Waals surface area contributed by atoms with Crippen molar-refractivity contribution in [3.05, 3.63) is 107 Å². The van der Waals surface area contributed by atoms with Crippen molar-refractivity contribution in [2.24, 2.45) is 0 Å². The lowest BCUT2D eigenvalue weighted by atomic mass is 10.1. The van der Waals surface area contributed by atoms with Crippen LogP contribution < -0.4 is 0 Å². The van der Waals surface area contributed by atoms with Gasteiger partial charge in [0.1, 0.15) is 5.65 Å². The highest BCUT2D eigenvalue weighted by Gasteiger charge is 2.18. The van der Waals surface area contributed by atoms with Crippen LogP contribution in [0, 0.1) is 6.92 Å². The fourth-order valence-electron chi connectivity index (χ4n) is 3.66. The summed E-state index contributed by atoms with van der Waals surface area (Å²) in [4.78, 5) is 20.0. The van der Waals surface area contributed by atoms with Crippen molar-refractivity contribution in [2.45, 2.75) is 33.4 Å². The number of hydrogen-bond acceptors (Lipinski definition) is 2. The fourth-order valence-corrected chi connectivity index (χ4v) is 3.66. The number of benzene rings is 2. The number of aryl methyl sites for hydroxylation is 2. The molecule has 0 aliphatic carbocycles. The standard InChI is InChI=1S/C25H25N3O/c1-3-23-19(2)28-18-22(14-15-24(28)26-23)25(29)27(16-20-10-6-4-7-11-20)17-21-12-8-5-9-13-21/h4-15,18H,3,16-17H2,1-2H3. The third kappa shape index (κ3) is 4.06. The van der Waals surface area contributed by atoms with Crippen LogP contribution in [0.15, 0.2) is 79.0 Å². The molecule has 0 unspecified atom stereocenters. The van der Waals surface area contributed by atoms with Crippen molar-refractivity contribution in [2.75, 3.05) is 0 Å². The molecule has 0 N–H and O–H groups in total. The minimum Gasteiger partial charge on any atom is -0.330 e. The summed E-state index contributed by atoms with van der Waals surface area (Å²) >= 11 is 0. The summed E-state index contributed by atoms with van der Waals surface area (Å²) in [6.45, 7) is 5.28. The molecule has 146 valence electrons. The smallest absolute Gasteiger partial charge is 0.255 e. The van der Waals surface area contributed by atoms with Crippen LogP contribution >= 0.6 is 0 Å². The highest BCUT2D eigenvalue weighted by atomic mass is 16.2. The van der Waals surface area contributed by atoms with E-state index in [4.69, 9.17) is 0 Å². The van der Waals surface area contributed by atoms with Gasteiger partial charge < -0.3 is 9.30 Å². The third-order valence-corrected chi connectivity index (χ3v) is 5.26. The molecule has 0 aliphatic rings. The molecule has 0 atom stereocenters. The van der Waals surface area contributed by atoms with Gasteiger partial charge in [-0.3, -0.25) is 4.79 Å². The Labute approximate surface area is 171 Å². The van der Waals surface area contributed by atoms with Crippen molar-refractivity contribution >= 4 is 11.6 Å². The number of aromatic nitrogens is 2. The molecule has 2 aromatic heterocycles. The van der Waals surface area contributed by atoms with Crippen LogP contribution in [-0.2, 0) is 19.5 Å². The molecule has 0 fully saturated rings. The van der Waals surface area contributed by atoms with Gasteiger partial charge in [0.05, 0.1) is 11.3 Å². The molecule has 0 saturated carbocycles. The van der Waals surface area contributed by atoms with E-state index in [9.17, 15) is 4.79 Å². The highest BCUT2D eigenvalue weighted by Crippen LogP contribution is 2.18. The number of fused-ring (bicyclic) bond motifs is 1. The van der Waals surface area contributed by atoms with Crippen molar-refractivity contribution in [3.63, 3.8) is 0 Å². The van der Waals surface area contributed by atoms with Gasteiger partial charge in [0.25, 0.3) is 5.91 Å². The zero-order chi connectivity index (χ0) is 20.2. The Morgan fingerprint density at radius 2 is 1.48 bits per heavy atom. The third-order valence-electron chi connectivity index (χ3n) is 5.26.